The minimum Gasteiger partial charge on any atom is -0.273 e. The van der Waals surface area contributed by atoms with Gasteiger partial charge in [-0.3, -0.25) is 20.4 Å². The zero-order chi connectivity index (χ0) is 19.6. The van der Waals surface area contributed by atoms with Gasteiger partial charge in [0.25, 0.3) is 0 Å². The summed E-state index contributed by atoms with van der Waals surface area (Å²) in [4.78, 5) is 23.9. The van der Waals surface area contributed by atoms with Gasteiger partial charge in [0.15, 0.2) is 0 Å². The summed E-state index contributed by atoms with van der Waals surface area (Å²) in [5.41, 5.74) is 5.12. The van der Waals surface area contributed by atoms with Gasteiger partial charge in [0, 0.05) is 5.92 Å². The van der Waals surface area contributed by atoms with Crippen LogP contribution in [-0.2, 0) is 22.2 Å². The van der Waals surface area contributed by atoms with Crippen LogP contribution in [0.3, 0.4) is 0 Å². The van der Waals surface area contributed by atoms with Crippen molar-refractivity contribution >= 4 is 11.8 Å². The van der Waals surface area contributed by atoms with Crippen LogP contribution in [0.5, 0.6) is 0 Å². The maximum atomic E-state index is 12.8. The number of rotatable bonds is 4. The van der Waals surface area contributed by atoms with Gasteiger partial charge in [0.05, 0.1) is 12.0 Å². The van der Waals surface area contributed by atoms with Crippen molar-refractivity contribution in [3.8, 4) is 0 Å². The molecule has 0 aromatic heterocycles. The number of carbonyl (C=O) groups excluding carboxylic acids is 2. The van der Waals surface area contributed by atoms with Crippen molar-refractivity contribution in [3.63, 3.8) is 0 Å². The molecule has 27 heavy (non-hydrogen) atoms. The van der Waals surface area contributed by atoms with E-state index in [1.54, 1.807) is 0 Å². The van der Waals surface area contributed by atoms with Gasteiger partial charge < -0.3 is 0 Å². The van der Waals surface area contributed by atoms with Gasteiger partial charge in [-0.05, 0) is 47.7 Å². The normalized spacial score (nSPS) is 18.7. The lowest BCUT2D eigenvalue weighted by Gasteiger charge is -2.09. The summed E-state index contributed by atoms with van der Waals surface area (Å²) in [6.45, 7) is 0. The van der Waals surface area contributed by atoms with Crippen molar-refractivity contribution < 1.29 is 27.2 Å². The number of benzene rings is 2. The second-order valence-electron chi connectivity index (χ2n) is 6.41. The van der Waals surface area contributed by atoms with Crippen molar-refractivity contribution in [1.29, 1.82) is 0 Å². The first-order valence-corrected chi connectivity index (χ1v) is 8.24. The molecule has 4 nitrogen and oxygen atoms in total. The minimum atomic E-state index is -4.40. The third-order valence-corrected chi connectivity index (χ3v) is 4.40. The van der Waals surface area contributed by atoms with E-state index in [9.17, 15) is 27.2 Å². The quantitative estimate of drug-likeness (QED) is 0.632. The molecule has 2 atom stereocenters. The van der Waals surface area contributed by atoms with Gasteiger partial charge in [0.1, 0.15) is 5.82 Å². The number of hydrogen-bond acceptors (Lipinski definition) is 2. The number of alkyl halides is 3. The fraction of sp³-hybridized carbons (Fsp3) is 0.263. The second kappa shape index (κ2) is 7.38. The van der Waals surface area contributed by atoms with Crippen molar-refractivity contribution in [2.75, 3.05) is 0 Å². The Balaban J connectivity index is 1.47. The minimum absolute atomic E-state index is 0.0203. The molecule has 2 aromatic rings. The molecule has 2 amide bonds. The van der Waals surface area contributed by atoms with Crippen LogP contribution in [-0.4, -0.2) is 11.8 Å². The first-order valence-electron chi connectivity index (χ1n) is 8.24. The fourth-order valence-corrected chi connectivity index (χ4v) is 2.83. The van der Waals surface area contributed by atoms with Crippen molar-refractivity contribution in [3.05, 3.63) is 71.0 Å². The maximum Gasteiger partial charge on any atom is 0.416 e. The van der Waals surface area contributed by atoms with E-state index in [0.29, 0.717) is 17.5 Å². The van der Waals surface area contributed by atoms with Gasteiger partial charge >= 0.3 is 6.18 Å². The molecule has 1 aliphatic rings. The highest BCUT2D eigenvalue weighted by molar-refractivity contribution is 5.86. The van der Waals surface area contributed by atoms with Crippen LogP contribution in [0.2, 0.25) is 0 Å². The topological polar surface area (TPSA) is 58.2 Å². The SMILES string of the molecule is O=C(Cc1ccc(F)cc1)NNC(=O)C1CC1c1ccc(C(F)(F)F)cc1. The standard InChI is InChI=1S/C19H16F4N2O2/c20-14-7-1-11(2-8-14)9-17(26)24-25-18(27)16-10-15(16)12-3-5-13(6-4-12)19(21,22)23/h1-8,15-16H,9-10H2,(H,24,26)(H,25,27). The van der Waals surface area contributed by atoms with E-state index in [2.05, 4.69) is 10.9 Å². The van der Waals surface area contributed by atoms with Gasteiger partial charge in [0.2, 0.25) is 11.8 Å². The van der Waals surface area contributed by atoms with E-state index in [1.807, 2.05) is 0 Å². The average molecular weight is 380 g/mol. The fourth-order valence-electron chi connectivity index (χ4n) is 2.83. The summed E-state index contributed by atoms with van der Waals surface area (Å²) in [6.07, 6.45) is -3.91. The Bertz CT molecular complexity index is 832. The molecule has 1 fully saturated rings. The molecule has 0 saturated heterocycles. The molecule has 2 aromatic carbocycles. The van der Waals surface area contributed by atoms with Crippen molar-refractivity contribution in [1.82, 2.24) is 10.9 Å². The zero-order valence-electron chi connectivity index (χ0n) is 14.0. The van der Waals surface area contributed by atoms with E-state index >= 15 is 0 Å². The Labute approximate surface area is 152 Å². The summed E-state index contributed by atoms with van der Waals surface area (Å²) in [5, 5.41) is 0. The Morgan fingerprint density at radius 3 is 2.19 bits per heavy atom. The average Bonchev–Trinajstić information content (AvgIpc) is 3.42. The number of hydrogen-bond donors (Lipinski definition) is 2. The van der Waals surface area contributed by atoms with Crippen LogP contribution in [0, 0.1) is 11.7 Å². The highest BCUT2D eigenvalue weighted by Crippen LogP contribution is 2.47. The second-order valence-corrected chi connectivity index (χ2v) is 6.41. The summed E-state index contributed by atoms with van der Waals surface area (Å²) in [5.74, 6) is -1.82. The predicted molar refractivity (Wildman–Crippen MR) is 88.7 cm³/mol. The molecule has 2 N–H and O–H groups in total. The summed E-state index contributed by atoms with van der Waals surface area (Å²) in [7, 11) is 0. The molecule has 2 unspecified atom stereocenters. The predicted octanol–water partition coefficient (Wildman–Crippen LogP) is 3.34. The molecule has 8 heteroatoms. The number of carbonyl (C=O) groups is 2. The molecular weight excluding hydrogens is 364 g/mol. The molecule has 3 rings (SSSR count). The molecule has 142 valence electrons. The van der Waals surface area contributed by atoms with Gasteiger partial charge in [-0.15, -0.1) is 0 Å². The molecule has 0 aliphatic heterocycles. The highest BCUT2D eigenvalue weighted by atomic mass is 19.4. The number of amides is 2. The molecule has 0 spiro atoms. The largest absolute Gasteiger partial charge is 0.416 e. The third kappa shape index (κ3) is 4.84. The van der Waals surface area contributed by atoms with E-state index in [0.717, 1.165) is 12.1 Å². The van der Waals surface area contributed by atoms with Crippen LogP contribution in [0.4, 0.5) is 17.6 Å². The Hall–Kier alpha value is -2.90. The van der Waals surface area contributed by atoms with E-state index in [1.165, 1.54) is 36.4 Å². The van der Waals surface area contributed by atoms with Crippen LogP contribution in [0.1, 0.15) is 29.0 Å². The van der Waals surface area contributed by atoms with Crippen LogP contribution in [0.25, 0.3) is 0 Å². The van der Waals surface area contributed by atoms with Crippen LogP contribution >= 0.6 is 0 Å². The number of halogens is 4. The lowest BCUT2D eigenvalue weighted by molar-refractivity contribution is -0.137. The number of hydrazine groups is 1. The molecule has 0 radical (unpaired) electrons. The zero-order valence-corrected chi connectivity index (χ0v) is 14.0. The van der Waals surface area contributed by atoms with E-state index < -0.39 is 35.3 Å². The van der Waals surface area contributed by atoms with Crippen molar-refractivity contribution in [2.24, 2.45) is 5.92 Å². The third-order valence-electron chi connectivity index (χ3n) is 4.40. The smallest absolute Gasteiger partial charge is 0.273 e. The monoisotopic (exact) mass is 380 g/mol. The molecule has 1 saturated carbocycles. The Morgan fingerprint density at radius 1 is 0.963 bits per heavy atom. The summed E-state index contributed by atoms with van der Waals surface area (Å²) in [6, 6.07) is 10.1. The lowest BCUT2D eigenvalue weighted by Crippen LogP contribution is -2.43. The van der Waals surface area contributed by atoms with E-state index in [4.69, 9.17) is 0 Å². The van der Waals surface area contributed by atoms with Crippen molar-refractivity contribution in [2.45, 2.75) is 24.9 Å². The van der Waals surface area contributed by atoms with Crippen LogP contribution < -0.4 is 10.9 Å². The highest BCUT2D eigenvalue weighted by Gasteiger charge is 2.44. The maximum absolute atomic E-state index is 12.8. The van der Waals surface area contributed by atoms with E-state index in [-0.39, 0.29) is 12.3 Å². The van der Waals surface area contributed by atoms with Crippen LogP contribution in [0.15, 0.2) is 48.5 Å². The molecular formula is C19H16F4N2O2. The molecule has 0 heterocycles. The number of nitrogens with one attached hydrogen (secondary N) is 2. The van der Waals surface area contributed by atoms with Gasteiger partial charge in [-0.25, -0.2) is 4.39 Å². The van der Waals surface area contributed by atoms with Gasteiger partial charge in [-0.1, -0.05) is 24.3 Å². The molecule has 0 bridgehead atoms. The first-order chi connectivity index (χ1) is 12.7. The Morgan fingerprint density at radius 2 is 1.59 bits per heavy atom. The lowest BCUT2D eigenvalue weighted by atomic mass is 10.1. The Kier molecular flexibility index (Phi) is 5.16. The summed E-state index contributed by atoms with van der Waals surface area (Å²) >= 11 is 0. The van der Waals surface area contributed by atoms with Gasteiger partial charge in [-0.2, -0.15) is 13.2 Å². The first kappa shape index (κ1) is 18.9. The summed E-state index contributed by atoms with van der Waals surface area (Å²) < 4.78 is 50.5. The molecule has 1 aliphatic carbocycles.